The molecule has 0 radical (unpaired) electrons. The van der Waals surface area contributed by atoms with Crippen molar-refractivity contribution in [3.63, 3.8) is 0 Å². The Kier molecular flexibility index (Phi) is 7.07. The molecule has 164 valence electrons. The molecule has 2 amide bonds. The van der Waals surface area contributed by atoms with Crippen LogP contribution in [-0.4, -0.2) is 59.2 Å². The van der Waals surface area contributed by atoms with E-state index in [2.05, 4.69) is 15.3 Å². The quantitative estimate of drug-likeness (QED) is 0.718. The van der Waals surface area contributed by atoms with Crippen LogP contribution in [0.15, 0.2) is 23.7 Å². The maximum Gasteiger partial charge on any atom is 0.324 e. The highest BCUT2D eigenvalue weighted by Gasteiger charge is 2.35. The van der Waals surface area contributed by atoms with Gasteiger partial charge in [-0.1, -0.05) is 42.2 Å². The van der Waals surface area contributed by atoms with E-state index >= 15 is 0 Å². The Morgan fingerprint density at radius 1 is 1.20 bits per heavy atom. The number of imidazole rings is 1. The molecule has 30 heavy (non-hydrogen) atoms. The predicted octanol–water partition coefficient (Wildman–Crippen LogP) is 3.88. The zero-order chi connectivity index (χ0) is 21.1. The second kappa shape index (κ2) is 9.76. The Bertz CT molecular complexity index is 889. The lowest BCUT2D eigenvalue weighted by molar-refractivity contribution is 0.106. The number of thiazole rings is 1. The third kappa shape index (κ3) is 5.04. The average Bonchev–Trinajstić information content (AvgIpc) is 3.37. The molecule has 0 aromatic carbocycles. The number of aryl methyl sites for hydroxylation is 1. The maximum absolute atomic E-state index is 13.2. The summed E-state index contributed by atoms with van der Waals surface area (Å²) in [5.41, 5.74) is 0. The van der Waals surface area contributed by atoms with Crippen LogP contribution >= 0.6 is 22.9 Å². The number of carbonyl (C=O) groups is 1. The Labute approximate surface area is 188 Å². The third-order valence-electron chi connectivity index (χ3n) is 5.81. The van der Waals surface area contributed by atoms with Crippen molar-refractivity contribution in [1.82, 2.24) is 23.7 Å². The summed E-state index contributed by atoms with van der Waals surface area (Å²) in [6, 6.07) is 0.268. The fourth-order valence-electron chi connectivity index (χ4n) is 4.35. The van der Waals surface area contributed by atoms with Crippen LogP contribution in [0.4, 0.5) is 9.93 Å². The third-order valence-corrected chi connectivity index (χ3v) is 8.24. The van der Waals surface area contributed by atoms with E-state index in [9.17, 15) is 9.00 Å². The minimum Gasteiger partial charge on any atom is -0.339 e. The van der Waals surface area contributed by atoms with Gasteiger partial charge in [0.15, 0.2) is 10.2 Å². The van der Waals surface area contributed by atoms with Gasteiger partial charge in [-0.2, -0.15) is 0 Å². The van der Waals surface area contributed by atoms with E-state index < -0.39 is 11.0 Å². The number of hydrogen-bond donors (Lipinski definition) is 1. The molecule has 1 N–H and O–H groups in total. The van der Waals surface area contributed by atoms with Gasteiger partial charge in [-0.15, -0.1) is 0 Å². The summed E-state index contributed by atoms with van der Waals surface area (Å²) < 4.78 is 17.1. The lowest BCUT2D eigenvalue weighted by Gasteiger charge is -2.43. The molecule has 0 spiro atoms. The number of halogens is 1. The van der Waals surface area contributed by atoms with Crippen molar-refractivity contribution in [1.29, 1.82) is 0 Å². The van der Waals surface area contributed by atoms with E-state index in [0.717, 1.165) is 38.5 Å². The molecule has 4 rings (SSSR count). The number of nitrogens with one attached hydrogen (secondary N) is 1. The minimum atomic E-state index is -1.26. The number of nitrogens with zero attached hydrogens (tertiary/aromatic N) is 5. The van der Waals surface area contributed by atoms with Gasteiger partial charge in [-0.25, -0.2) is 23.3 Å². The van der Waals surface area contributed by atoms with Gasteiger partial charge in [-0.3, -0.25) is 5.32 Å². The lowest BCUT2D eigenvalue weighted by atomic mass is 9.91. The maximum atomic E-state index is 13.2. The Hall–Kier alpha value is -1.49. The monoisotopic (exact) mass is 470 g/mol. The van der Waals surface area contributed by atoms with Gasteiger partial charge < -0.3 is 9.47 Å². The normalized spacial score (nSPS) is 20.2. The first kappa shape index (κ1) is 21.7. The summed E-state index contributed by atoms with van der Waals surface area (Å²) in [4.78, 5) is 23.6. The topological polar surface area (TPSA) is 83.4 Å². The van der Waals surface area contributed by atoms with Gasteiger partial charge in [0.25, 0.3) is 0 Å². The molecule has 11 heteroatoms. The number of piperidine rings is 1. The molecule has 8 nitrogen and oxygen atoms in total. The summed E-state index contributed by atoms with van der Waals surface area (Å²) in [7, 11) is 0.609. The van der Waals surface area contributed by atoms with Gasteiger partial charge >= 0.3 is 6.03 Å². The molecular formula is C19H27ClN6O2S2. The largest absolute Gasteiger partial charge is 0.339 e. The zero-order valence-electron chi connectivity index (χ0n) is 17.0. The summed E-state index contributed by atoms with van der Waals surface area (Å²) in [6.07, 6.45) is 12.2. The fourth-order valence-corrected chi connectivity index (χ4v) is 6.36. The molecule has 2 aromatic heterocycles. The van der Waals surface area contributed by atoms with Crippen molar-refractivity contribution in [3.8, 4) is 0 Å². The van der Waals surface area contributed by atoms with Gasteiger partial charge in [0.1, 0.15) is 15.3 Å². The molecule has 0 bridgehead atoms. The first-order valence-corrected chi connectivity index (χ1v) is 12.7. The number of urea groups is 1. The standard InChI is InChI=1S/C19H27ClN6O2S2/c1-24-12-17(22-13-24)30(28)25-9-7-15(8-10-25)26(14-5-3-2-4-6-14)19(27)23-18-21-11-16(20)29-18/h11-15H,2-10H2,1H3,(H,21,23,27). The van der Waals surface area contributed by atoms with Crippen molar-refractivity contribution < 1.29 is 9.00 Å². The van der Waals surface area contributed by atoms with Crippen LogP contribution in [0.3, 0.4) is 0 Å². The van der Waals surface area contributed by atoms with Gasteiger partial charge in [0.2, 0.25) is 0 Å². The molecule has 1 atom stereocenters. The van der Waals surface area contributed by atoms with E-state index in [1.807, 2.05) is 16.3 Å². The summed E-state index contributed by atoms with van der Waals surface area (Å²) >= 11 is 7.24. The zero-order valence-corrected chi connectivity index (χ0v) is 19.4. The van der Waals surface area contributed by atoms with Gasteiger partial charge in [-0.05, 0) is 25.7 Å². The van der Waals surface area contributed by atoms with E-state index in [1.165, 1.54) is 17.8 Å². The minimum absolute atomic E-state index is 0.0998. The van der Waals surface area contributed by atoms with Crippen molar-refractivity contribution in [2.75, 3.05) is 18.4 Å². The number of anilines is 1. The van der Waals surface area contributed by atoms with Crippen LogP contribution in [0.1, 0.15) is 44.9 Å². The Morgan fingerprint density at radius 3 is 2.50 bits per heavy atom. The molecule has 1 aliphatic carbocycles. The molecule has 2 aromatic rings. The molecular weight excluding hydrogens is 444 g/mol. The highest BCUT2D eigenvalue weighted by atomic mass is 35.5. The van der Waals surface area contributed by atoms with Crippen LogP contribution in [0.2, 0.25) is 4.34 Å². The summed E-state index contributed by atoms with van der Waals surface area (Å²) in [6.45, 7) is 1.35. The number of amides is 2. The highest BCUT2D eigenvalue weighted by Crippen LogP contribution is 2.30. The van der Waals surface area contributed by atoms with Gasteiger partial charge in [0, 0.05) is 38.4 Å². The smallest absolute Gasteiger partial charge is 0.324 e. The van der Waals surface area contributed by atoms with Crippen LogP contribution in [0.25, 0.3) is 0 Å². The first-order chi connectivity index (χ1) is 14.5. The Balaban J connectivity index is 1.43. The second-order valence-corrected chi connectivity index (χ2v) is 11.0. The van der Waals surface area contributed by atoms with Crippen molar-refractivity contribution in [2.45, 2.75) is 62.1 Å². The SMILES string of the molecule is Cn1cnc(S(=O)N2CCC(N(C(=O)Nc3ncc(Cl)s3)C3CCCCC3)CC2)c1. The summed E-state index contributed by atoms with van der Waals surface area (Å²) in [5, 5.41) is 4.05. The van der Waals surface area contributed by atoms with E-state index in [4.69, 9.17) is 11.6 Å². The lowest BCUT2D eigenvalue weighted by Crippen LogP contribution is -2.53. The molecule has 3 heterocycles. The fraction of sp³-hybridized carbons (Fsp3) is 0.632. The van der Waals surface area contributed by atoms with Crippen LogP contribution in [-0.2, 0) is 18.0 Å². The van der Waals surface area contributed by atoms with E-state index in [0.29, 0.717) is 27.6 Å². The second-order valence-electron chi connectivity index (χ2n) is 7.89. The molecule has 2 fully saturated rings. The van der Waals surface area contributed by atoms with E-state index in [-0.39, 0.29) is 18.1 Å². The predicted molar refractivity (Wildman–Crippen MR) is 119 cm³/mol. The molecule has 1 aliphatic heterocycles. The first-order valence-electron chi connectivity index (χ1n) is 10.4. The Morgan fingerprint density at radius 2 is 1.90 bits per heavy atom. The number of rotatable bonds is 5. The number of carbonyl (C=O) groups excluding carboxylic acids is 1. The van der Waals surface area contributed by atoms with Crippen molar-refractivity contribution in [2.24, 2.45) is 7.05 Å². The summed E-state index contributed by atoms with van der Waals surface area (Å²) in [5.74, 6) is 0. The highest BCUT2D eigenvalue weighted by molar-refractivity contribution is 7.82. The number of hydrogen-bond acceptors (Lipinski definition) is 5. The van der Waals surface area contributed by atoms with Gasteiger partial charge in [0.05, 0.1) is 12.5 Å². The molecule has 2 aliphatic rings. The van der Waals surface area contributed by atoms with E-state index in [1.54, 1.807) is 23.3 Å². The average molecular weight is 471 g/mol. The molecule has 1 saturated heterocycles. The molecule has 1 saturated carbocycles. The van der Waals surface area contributed by atoms with Crippen molar-refractivity contribution in [3.05, 3.63) is 23.1 Å². The van der Waals surface area contributed by atoms with Crippen LogP contribution in [0.5, 0.6) is 0 Å². The van der Waals surface area contributed by atoms with Crippen LogP contribution in [0, 0.1) is 0 Å². The molecule has 1 unspecified atom stereocenters. The van der Waals surface area contributed by atoms with Crippen molar-refractivity contribution >= 4 is 45.1 Å². The van der Waals surface area contributed by atoms with Crippen LogP contribution < -0.4 is 5.32 Å². The number of aromatic nitrogens is 3.